The summed E-state index contributed by atoms with van der Waals surface area (Å²) in [4.78, 5) is 12.9. The van der Waals surface area contributed by atoms with E-state index in [0.29, 0.717) is 12.2 Å². The van der Waals surface area contributed by atoms with Gasteiger partial charge in [-0.05, 0) is 29.3 Å². The lowest BCUT2D eigenvalue weighted by Gasteiger charge is -2.26. The quantitative estimate of drug-likeness (QED) is 0.561. The molecule has 1 aliphatic heterocycles. The molecule has 2 atom stereocenters. The summed E-state index contributed by atoms with van der Waals surface area (Å²) in [5.41, 5.74) is 2.44. The van der Waals surface area contributed by atoms with Gasteiger partial charge in [-0.1, -0.05) is 40.2 Å². The number of aliphatic carboxylic acids is 1. The minimum absolute atomic E-state index is 0.0154. The number of benzene rings is 2. The Bertz CT molecular complexity index is 732. The van der Waals surface area contributed by atoms with E-state index in [1.54, 1.807) is 36.4 Å². The van der Waals surface area contributed by atoms with Crippen molar-refractivity contribution in [2.24, 2.45) is 0 Å². The third kappa shape index (κ3) is 2.99. The Kier molecular flexibility index (Phi) is 4.17. The number of anilines is 1. The Morgan fingerprint density at radius 1 is 1.13 bits per heavy atom. The Balaban J connectivity index is 1.97. The lowest BCUT2D eigenvalue weighted by atomic mass is 9.98. The number of phenolic OH excluding ortho intramolecular Hbond substituents is 2. The molecule has 0 saturated heterocycles. The highest BCUT2D eigenvalue weighted by atomic mass is 79.9. The third-order valence-electron chi connectivity index (χ3n) is 4.05. The van der Waals surface area contributed by atoms with Crippen LogP contribution >= 0.6 is 15.9 Å². The number of hydrogen-bond acceptors (Lipinski definition) is 4. The Labute approximate surface area is 141 Å². The topological polar surface area (TPSA) is 81.0 Å². The molecule has 120 valence electrons. The van der Waals surface area contributed by atoms with E-state index in [0.717, 1.165) is 11.1 Å². The van der Waals surface area contributed by atoms with Crippen LogP contribution in [0.25, 0.3) is 0 Å². The summed E-state index contributed by atoms with van der Waals surface area (Å²) in [5, 5.41) is 28.8. The van der Waals surface area contributed by atoms with Crippen LogP contribution in [0.15, 0.2) is 42.5 Å². The number of rotatable bonds is 4. The van der Waals surface area contributed by atoms with Crippen molar-refractivity contribution in [2.45, 2.75) is 23.8 Å². The molecule has 0 bridgehead atoms. The third-order valence-corrected chi connectivity index (χ3v) is 5.18. The van der Waals surface area contributed by atoms with Crippen LogP contribution in [0.2, 0.25) is 0 Å². The smallest absolute Gasteiger partial charge is 0.304 e. The Hall–Kier alpha value is -2.21. The van der Waals surface area contributed by atoms with Crippen molar-refractivity contribution in [2.75, 3.05) is 4.90 Å². The molecule has 0 fully saturated rings. The normalized spacial score (nSPS) is 19.6. The molecule has 23 heavy (non-hydrogen) atoms. The second-order valence-electron chi connectivity index (χ2n) is 5.59. The van der Waals surface area contributed by atoms with E-state index in [1.165, 1.54) is 0 Å². The molecular formula is C17H16BrNO4. The molecule has 2 aromatic carbocycles. The molecule has 0 spiro atoms. The van der Waals surface area contributed by atoms with Crippen LogP contribution in [0.3, 0.4) is 0 Å². The second kappa shape index (κ2) is 6.12. The average Bonchev–Trinajstić information content (AvgIpc) is 2.76. The first-order chi connectivity index (χ1) is 11.0. The van der Waals surface area contributed by atoms with Crippen LogP contribution in [0.4, 0.5) is 5.69 Å². The van der Waals surface area contributed by atoms with Gasteiger partial charge in [0, 0.05) is 12.5 Å². The van der Waals surface area contributed by atoms with Crippen LogP contribution in [-0.4, -0.2) is 26.2 Å². The lowest BCUT2D eigenvalue weighted by Crippen LogP contribution is -2.29. The summed E-state index contributed by atoms with van der Waals surface area (Å²) >= 11 is 3.59. The molecule has 0 aliphatic carbocycles. The zero-order valence-corrected chi connectivity index (χ0v) is 13.8. The number of nitrogens with zero attached hydrogens (tertiary/aromatic N) is 1. The van der Waals surface area contributed by atoms with E-state index in [4.69, 9.17) is 5.11 Å². The van der Waals surface area contributed by atoms with Crippen molar-refractivity contribution >= 4 is 27.6 Å². The highest BCUT2D eigenvalue weighted by Crippen LogP contribution is 2.49. The maximum atomic E-state index is 11.2. The molecule has 3 rings (SSSR count). The molecule has 0 amide bonds. The molecule has 2 aromatic rings. The average molecular weight is 378 g/mol. The Morgan fingerprint density at radius 3 is 2.48 bits per heavy atom. The first-order valence-electron chi connectivity index (χ1n) is 7.19. The zero-order chi connectivity index (χ0) is 16.6. The number of alkyl halides is 1. The van der Waals surface area contributed by atoms with Gasteiger partial charge in [0.1, 0.15) is 11.5 Å². The van der Waals surface area contributed by atoms with E-state index in [9.17, 15) is 15.0 Å². The van der Waals surface area contributed by atoms with Crippen molar-refractivity contribution in [3.05, 3.63) is 53.6 Å². The summed E-state index contributed by atoms with van der Waals surface area (Å²) in [7, 11) is 0. The number of para-hydroxylation sites is 1. The second-order valence-corrected chi connectivity index (χ2v) is 6.52. The van der Waals surface area contributed by atoms with Gasteiger partial charge in [0.25, 0.3) is 0 Å². The first kappa shape index (κ1) is 15.7. The van der Waals surface area contributed by atoms with Crippen molar-refractivity contribution < 1.29 is 20.1 Å². The molecule has 0 radical (unpaired) electrons. The van der Waals surface area contributed by atoms with Crippen LogP contribution in [0, 0.1) is 0 Å². The number of hydrogen-bond donors (Lipinski definition) is 3. The van der Waals surface area contributed by atoms with E-state index in [2.05, 4.69) is 15.9 Å². The monoisotopic (exact) mass is 377 g/mol. The molecule has 6 heteroatoms. The number of carboxylic acid groups (broad SMARTS) is 1. The van der Waals surface area contributed by atoms with E-state index in [1.807, 2.05) is 11.0 Å². The van der Waals surface area contributed by atoms with E-state index >= 15 is 0 Å². The largest absolute Gasteiger partial charge is 0.508 e. The number of carboxylic acids is 1. The Morgan fingerprint density at radius 2 is 1.83 bits per heavy atom. The van der Waals surface area contributed by atoms with Crippen molar-refractivity contribution in [1.29, 1.82) is 0 Å². The van der Waals surface area contributed by atoms with Gasteiger partial charge in [-0.15, -0.1) is 0 Å². The number of aromatic hydroxyl groups is 2. The maximum absolute atomic E-state index is 11.2. The molecular weight excluding hydrogens is 362 g/mol. The van der Waals surface area contributed by atoms with Gasteiger partial charge in [0.05, 0.1) is 17.1 Å². The van der Waals surface area contributed by atoms with Gasteiger partial charge in [0.15, 0.2) is 0 Å². The highest BCUT2D eigenvalue weighted by Gasteiger charge is 2.39. The van der Waals surface area contributed by atoms with Gasteiger partial charge in [-0.2, -0.15) is 0 Å². The predicted octanol–water partition coefficient (Wildman–Crippen LogP) is 3.40. The standard InChI is InChI=1S/C17H16BrNO4/c18-17-13(8-15(22)23)12-2-1-3-14(21)16(12)19(17)9-10-4-6-11(20)7-5-10/h1-7,13,17,20-21H,8-9H2,(H,22,23). The van der Waals surface area contributed by atoms with Crippen LogP contribution in [0.1, 0.15) is 23.5 Å². The van der Waals surface area contributed by atoms with Gasteiger partial charge in [-0.3, -0.25) is 4.79 Å². The van der Waals surface area contributed by atoms with Gasteiger partial charge >= 0.3 is 5.97 Å². The van der Waals surface area contributed by atoms with E-state index in [-0.39, 0.29) is 28.8 Å². The minimum Gasteiger partial charge on any atom is -0.508 e. The first-order valence-corrected chi connectivity index (χ1v) is 8.11. The summed E-state index contributed by atoms with van der Waals surface area (Å²) < 4.78 is 0. The van der Waals surface area contributed by atoms with Crippen molar-refractivity contribution in [3.63, 3.8) is 0 Å². The number of carbonyl (C=O) groups is 1. The predicted molar refractivity (Wildman–Crippen MR) is 90.1 cm³/mol. The highest BCUT2D eigenvalue weighted by molar-refractivity contribution is 9.09. The molecule has 5 nitrogen and oxygen atoms in total. The fraction of sp³-hybridized carbons (Fsp3) is 0.235. The van der Waals surface area contributed by atoms with Gasteiger partial charge in [-0.25, -0.2) is 0 Å². The van der Waals surface area contributed by atoms with E-state index < -0.39 is 5.97 Å². The SMILES string of the molecule is O=C(O)CC1c2cccc(O)c2N(Cc2ccc(O)cc2)C1Br. The zero-order valence-electron chi connectivity index (χ0n) is 12.2. The number of phenols is 2. The molecule has 0 aromatic heterocycles. The number of fused-ring (bicyclic) bond motifs is 1. The van der Waals surface area contributed by atoms with Crippen LogP contribution < -0.4 is 4.90 Å². The van der Waals surface area contributed by atoms with Crippen LogP contribution in [0.5, 0.6) is 11.5 Å². The van der Waals surface area contributed by atoms with Crippen LogP contribution in [-0.2, 0) is 11.3 Å². The molecule has 0 saturated carbocycles. The van der Waals surface area contributed by atoms with Crippen molar-refractivity contribution in [1.82, 2.24) is 0 Å². The molecule has 1 heterocycles. The van der Waals surface area contributed by atoms with Crippen molar-refractivity contribution in [3.8, 4) is 11.5 Å². The molecule has 1 aliphatic rings. The molecule has 2 unspecified atom stereocenters. The summed E-state index contributed by atoms with van der Waals surface area (Å²) in [5.74, 6) is -0.789. The fourth-order valence-corrected chi connectivity index (χ4v) is 3.83. The lowest BCUT2D eigenvalue weighted by molar-refractivity contribution is -0.137. The summed E-state index contributed by atoms with van der Waals surface area (Å²) in [6.07, 6.45) is -0.0154. The van der Waals surface area contributed by atoms with Gasteiger partial charge < -0.3 is 20.2 Å². The number of halogens is 1. The minimum atomic E-state index is -0.875. The molecule has 3 N–H and O–H groups in total. The fourth-order valence-electron chi connectivity index (χ4n) is 3.01. The van der Waals surface area contributed by atoms with Gasteiger partial charge in [0.2, 0.25) is 0 Å². The summed E-state index contributed by atoms with van der Waals surface area (Å²) in [6.45, 7) is 0.497. The summed E-state index contributed by atoms with van der Waals surface area (Å²) in [6, 6.07) is 12.0. The maximum Gasteiger partial charge on any atom is 0.304 e.